The van der Waals surface area contributed by atoms with Crippen LogP contribution in [0.4, 0.5) is 0 Å². The first-order valence-corrected chi connectivity index (χ1v) is 3.84. The first kappa shape index (κ1) is 7.22. The minimum atomic E-state index is 0.865. The average molecular weight is 162 g/mol. The van der Waals surface area contributed by atoms with Gasteiger partial charge in [-0.25, -0.2) is 0 Å². The molecule has 0 N–H and O–H groups in total. The van der Waals surface area contributed by atoms with E-state index in [1.807, 2.05) is 31.2 Å². The Hall–Kier alpha value is -1.44. The van der Waals surface area contributed by atoms with Crippen molar-refractivity contribution in [2.75, 3.05) is 7.11 Å². The fourth-order valence-electron chi connectivity index (χ4n) is 1.34. The lowest BCUT2D eigenvalue weighted by Crippen LogP contribution is -1.81. The molecule has 0 bridgehead atoms. The van der Waals surface area contributed by atoms with Gasteiger partial charge in [-0.1, -0.05) is 6.07 Å². The van der Waals surface area contributed by atoms with Gasteiger partial charge < -0.3 is 9.15 Å². The number of hydrogen-bond donors (Lipinski definition) is 0. The topological polar surface area (TPSA) is 22.4 Å². The number of hydrogen-bond acceptors (Lipinski definition) is 2. The Balaban J connectivity index is 2.78. The zero-order valence-electron chi connectivity index (χ0n) is 7.13. The van der Waals surface area contributed by atoms with E-state index in [4.69, 9.17) is 9.15 Å². The summed E-state index contributed by atoms with van der Waals surface area (Å²) in [6.45, 7) is 1.93. The molecule has 0 fully saturated rings. The van der Waals surface area contributed by atoms with Gasteiger partial charge in [0, 0.05) is 0 Å². The molecule has 0 amide bonds. The lowest BCUT2D eigenvalue weighted by atomic mass is 10.2. The predicted molar refractivity (Wildman–Crippen MR) is 47.5 cm³/mol. The van der Waals surface area contributed by atoms with E-state index in [-0.39, 0.29) is 0 Å². The van der Waals surface area contributed by atoms with Crippen molar-refractivity contribution in [3.05, 3.63) is 30.0 Å². The maximum atomic E-state index is 5.43. The SMILES string of the molecule is COc1cccc2oc(C)cc12. The van der Waals surface area contributed by atoms with Crippen LogP contribution in [-0.4, -0.2) is 7.11 Å². The van der Waals surface area contributed by atoms with Gasteiger partial charge >= 0.3 is 0 Å². The summed E-state index contributed by atoms with van der Waals surface area (Å²) in [7, 11) is 1.66. The Morgan fingerprint density at radius 2 is 2.17 bits per heavy atom. The molecule has 0 aliphatic carbocycles. The highest BCUT2D eigenvalue weighted by Crippen LogP contribution is 2.27. The van der Waals surface area contributed by atoms with Crippen LogP contribution < -0.4 is 4.74 Å². The van der Waals surface area contributed by atoms with E-state index in [1.54, 1.807) is 7.11 Å². The van der Waals surface area contributed by atoms with Gasteiger partial charge in [0.1, 0.15) is 17.1 Å². The summed E-state index contributed by atoms with van der Waals surface area (Å²) in [5.41, 5.74) is 0.881. The van der Waals surface area contributed by atoms with Crippen molar-refractivity contribution < 1.29 is 9.15 Å². The third-order valence-corrected chi connectivity index (χ3v) is 1.86. The van der Waals surface area contributed by atoms with Gasteiger partial charge in [0.25, 0.3) is 0 Å². The van der Waals surface area contributed by atoms with E-state index in [1.165, 1.54) is 0 Å². The van der Waals surface area contributed by atoms with Crippen LogP contribution >= 0.6 is 0 Å². The molecule has 2 aromatic rings. The molecule has 2 heteroatoms. The molecule has 0 saturated carbocycles. The highest BCUT2D eigenvalue weighted by Gasteiger charge is 2.04. The second kappa shape index (κ2) is 2.55. The van der Waals surface area contributed by atoms with Crippen LogP contribution in [-0.2, 0) is 0 Å². The van der Waals surface area contributed by atoms with E-state index < -0.39 is 0 Å². The number of methoxy groups -OCH3 is 1. The second-order valence-electron chi connectivity index (χ2n) is 2.73. The van der Waals surface area contributed by atoms with Crippen LogP contribution in [0.25, 0.3) is 11.0 Å². The van der Waals surface area contributed by atoms with Gasteiger partial charge in [-0.3, -0.25) is 0 Å². The third-order valence-electron chi connectivity index (χ3n) is 1.86. The minimum Gasteiger partial charge on any atom is -0.496 e. The number of ether oxygens (including phenoxy) is 1. The molecule has 0 atom stereocenters. The molecular formula is C10H10O2. The van der Waals surface area contributed by atoms with Crippen LogP contribution in [0.15, 0.2) is 28.7 Å². The fourth-order valence-corrected chi connectivity index (χ4v) is 1.34. The minimum absolute atomic E-state index is 0.865. The molecule has 62 valence electrons. The van der Waals surface area contributed by atoms with Crippen molar-refractivity contribution >= 4 is 11.0 Å². The molecular weight excluding hydrogens is 152 g/mol. The summed E-state index contributed by atoms with van der Waals surface area (Å²) in [4.78, 5) is 0. The van der Waals surface area contributed by atoms with Crippen molar-refractivity contribution in [2.24, 2.45) is 0 Å². The molecule has 0 aliphatic rings. The Morgan fingerprint density at radius 1 is 1.33 bits per heavy atom. The first-order valence-electron chi connectivity index (χ1n) is 3.84. The Bertz CT molecular complexity index is 401. The first-order chi connectivity index (χ1) is 5.81. The Labute approximate surface area is 70.8 Å². The predicted octanol–water partition coefficient (Wildman–Crippen LogP) is 2.75. The van der Waals surface area contributed by atoms with Gasteiger partial charge in [-0.2, -0.15) is 0 Å². The number of benzene rings is 1. The number of rotatable bonds is 1. The summed E-state index contributed by atoms with van der Waals surface area (Å²) in [5.74, 6) is 1.78. The van der Waals surface area contributed by atoms with Crippen molar-refractivity contribution in [1.29, 1.82) is 0 Å². The molecule has 1 heterocycles. The van der Waals surface area contributed by atoms with E-state index in [0.29, 0.717) is 0 Å². The molecule has 1 aromatic heterocycles. The molecule has 1 aromatic carbocycles. The van der Waals surface area contributed by atoms with Crippen molar-refractivity contribution in [3.63, 3.8) is 0 Å². The lowest BCUT2D eigenvalue weighted by molar-refractivity contribution is 0.419. The van der Waals surface area contributed by atoms with Gasteiger partial charge in [0.2, 0.25) is 0 Å². The number of fused-ring (bicyclic) bond motifs is 1. The summed E-state index contributed by atoms with van der Waals surface area (Å²) in [5, 5.41) is 1.04. The molecule has 0 unspecified atom stereocenters. The lowest BCUT2D eigenvalue weighted by Gasteiger charge is -1.98. The van der Waals surface area contributed by atoms with E-state index in [2.05, 4.69) is 0 Å². The van der Waals surface area contributed by atoms with Crippen molar-refractivity contribution in [3.8, 4) is 5.75 Å². The van der Waals surface area contributed by atoms with Gasteiger partial charge in [0.05, 0.1) is 12.5 Å². The highest BCUT2D eigenvalue weighted by molar-refractivity contribution is 5.84. The van der Waals surface area contributed by atoms with Gasteiger partial charge in [0.15, 0.2) is 0 Å². The quantitative estimate of drug-likeness (QED) is 0.643. The summed E-state index contributed by atoms with van der Waals surface area (Å²) >= 11 is 0. The van der Waals surface area contributed by atoms with Crippen LogP contribution in [0.2, 0.25) is 0 Å². The standard InChI is InChI=1S/C10H10O2/c1-7-6-8-9(11-2)4-3-5-10(8)12-7/h3-6H,1-2H3. The van der Waals surface area contributed by atoms with Gasteiger partial charge in [-0.05, 0) is 25.1 Å². The number of aryl methyl sites for hydroxylation is 1. The van der Waals surface area contributed by atoms with Crippen molar-refractivity contribution in [2.45, 2.75) is 6.92 Å². The monoisotopic (exact) mass is 162 g/mol. The zero-order valence-corrected chi connectivity index (χ0v) is 7.13. The Kier molecular flexibility index (Phi) is 1.54. The zero-order chi connectivity index (χ0) is 8.55. The Morgan fingerprint density at radius 3 is 2.92 bits per heavy atom. The molecule has 2 rings (SSSR count). The highest BCUT2D eigenvalue weighted by atomic mass is 16.5. The molecule has 0 saturated heterocycles. The summed E-state index contributed by atoms with van der Waals surface area (Å²) in [6.07, 6.45) is 0. The summed E-state index contributed by atoms with van der Waals surface area (Å²) in [6, 6.07) is 7.76. The van der Waals surface area contributed by atoms with E-state index in [9.17, 15) is 0 Å². The maximum Gasteiger partial charge on any atom is 0.137 e. The van der Waals surface area contributed by atoms with Crippen LogP contribution in [0.1, 0.15) is 5.76 Å². The molecule has 0 aliphatic heterocycles. The molecule has 12 heavy (non-hydrogen) atoms. The summed E-state index contributed by atoms with van der Waals surface area (Å²) < 4.78 is 10.6. The van der Waals surface area contributed by atoms with Crippen LogP contribution in [0.5, 0.6) is 5.75 Å². The average Bonchev–Trinajstić information content (AvgIpc) is 2.44. The van der Waals surface area contributed by atoms with Crippen LogP contribution in [0.3, 0.4) is 0 Å². The fraction of sp³-hybridized carbons (Fsp3) is 0.200. The van der Waals surface area contributed by atoms with Crippen LogP contribution in [0, 0.1) is 6.92 Å². The van der Waals surface area contributed by atoms with E-state index in [0.717, 1.165) is 22.5 Å². The van der Waals surface area contributed by atoms with Crippen molar-refractivity contribution in [1.82, 2.24) is 0 Å². The van der Waals surface area contributed by atoms with E-state index >= 15 is 0 Å². The largest absolute Gasteiger partial charge is 0.496 e. The molecule has 0 spiro atoms. The normalized spacial score (nSPS) is 10.5. The maximum absolute atomic E-state index is 5.43. The number of furan rings is 1. The van der Waals surface area contributed by atoms with Gasteiger partial charge in [-0.15, -0.1) is 0 Å². The molecule has 2 nitrogen and oxygen atoms in total. The second-order valence-corrected chi connectivity index (χ2v) is 2.73. The smallest absolute Gasteiger partial charge is 0.137 e. The molecule has 0 radical (unpaired) electrons. The third kappa shape index (κ3) is 0.961.